The molecule has 1 saturated carbocycles. The number of nitrogens with zero attached hydrogens (tertiary/aromatic N) is 2. The van der Waals surface area contributed by atoms with Gasteiger partial charge in [0.15, 0.2) is 0 Å². The van der Waals surface area contributed by atoms with E-state index in [1.807, 2.05) is 22.6 Å². The first-order valence-corrected chi connectivity index (χ1v) is 5.21. The van der Waals surface area contributed by atoms with Crippen LogP contribution in [0.25, 0.3) is 0 Å². The molecule has 0 atom stereocenters. The molecule has 14 heavy (non-hydrogen) atoms. The van der Waals surface area contributed by atoms with E-state index in [-0.39, 0.29) is 11.9 Å². The van der Waals surface area contributed by atoms with E-state index in [0.29, 0.717) is 9.45 Å². The Hall–Kier alpha value is -0.920. The Morgan fingerprint density at radius 3 is 2.86 bits per heavy atom. The van der Waals surface area contributed by atoms with Crippen LogP contribution in [0.4, 0.5) is 5.82 Å². The van der Waals surface area contributed by atoms with Gasteiger partial charge in [-0.1, -0.05) is 0 Å². The molecule has 0 spiro atoms. The topological polar surface area (TPSA) is 65.3 Å². The van der Waals surface area contributed by atoms with Crippen molar-refractivity contribution in [2.75, 3.05) is 0 Å². The van der Waals surface area contributed by atoms with Gasteiger partial charge in [0.1, 0.15) is 5.75 Å². The molecule has 0 unspecified atom stereocenters. The zero-order chi connectivity index (χ0) is 10.1. The summed E-state index contributed by atoms with van der Waals surface area (Å²) in [6.45, 7) is 0. The lowest BCUT2D eigenvalue weighted by Gasteiger charge is -2.02. The van der Waals surface area contributed by atoms with E-state index in [4.69, 9.17) is 4.74 Å². The minimum atomic E-state index is -0.512. The van der Waals surface area contributed by atoms with Crippen molar-refractivity contribution in [3.63, 3.8) is 0 Å². The highest BCUT2D eigenvalue weighted by Gasteiger charge is 2.25. The summed E-state index contributed by atoms with van der Waals surface area (Å²) in [6, 6.07) is 3.06. The van der Waals surface area contributed by atoms with Gasteiger partial charge < -0.3 is 14.9 Å². The van der Waals surface area contributed by atoms with Crippen LogP contribution < -0.4 is 4.74 Å². The Morgan fingerprint density at radius 2 is 2.29 bits per heavy atom. The summed E-state index contributed by atoms with van der Waals surface area (Å²) in [5, 5.41) is 10.5. The van der Waals surface area contributed by atoms with Crippen molar-refractivity contribution < 1.29 is 9.66 Å². The number of ether oxygens (including phenoxy) is 1. The number of pyridine rings is 1. The molecule has 0 saturated heterocycles. The Bertz CT molecular complexity index is 379. The molecular formula is C8H7IN2O3. The predicted octanol–water partition coefficient (Wildman–Crippen LogP) is 2.14. The molecular weight excluding hydrogens is 299 g/mol. The number of rotatable bonds is 3. The van der Waals surface area contributed by atoms with E-state index < -0.39 is 4.92 Å². The van der Waals surface area contributed by atoms with Crippen molar-refractivity contribution in [3.8, 4) is 5.75 Å². The molecule has 1 heterocycles. The standard InChI is InChI=1S/C8H7IN2O3/c9-7-3-6(14-5-1-2-5)4-8(10-7)11(12)13/h3-5H,1-2H2. The Labute approximate surface area is 93.8 Å². The Kier molecular flexibility index (Phi) is 2.53. The van der Waals surface area contributed by atoms with Crippen LogP contribution in [-0.4, -0.2) is 16.0 Å². The lowest BCUT2D eigenvalue weighted by Crippen LogP contribution is -1.99. The van der Waals surface area contributed by atoms with E-state index in [2.05, 4.69) is 4.98 Å². The van der Waals surface area contributed by atoms with Crippen molar-refractivity contribution in [2.45, 2.75) is 18.9 Å². The second-order valence-electron chi connectivity index (χ2n) is 3.06. The quantitative estimate of drug-likeness (QED) is 0.371. The zero-order valence-electron chi connectivity index (χ0n) is 7.14. The van der Waals surface area contributed by atoms with Crippen LogP contribution in [0.2, 0.25) is 0 Å². The van der Waals surface area contributed by atoms with Crippen molar-refractivity contribution in [3.05, 3.63) is 25.9 Å². The Morgan fingerprint density at radius 1 is 1.57 bits per heavy atom. The van der Waals surface area contributed by atoms with E-state index in [1.54, 1.807) is 6.07 Å². The first-order chi connectivity index (χ1) is 6.65. The maximum atomic E-state index is 10.5. The Balaban J connectivity index is 2.25. The predicted molar refractivity (Wildman–Crippen MR) is 57.3 cm³/mol. The van der Waals surface area contributed by atoms with Gasteiger partial charge >= 0.3 is 5.82 Å². The summed E-state index contributed by atoms with van der Waals surface area (Å²) in [6.07, 6.45) is 2.31. The molecule has 0 aliphatic heterocycles. The molecule has 0 N–H and O–H groups in total. The lowest BCUT2D eigenvalue weighted by atomic mass is 10.4. The minimum Gasteiger partial charge on any atom is -0.490 e. The first-order valence-electron chi connectivity index (χ1n) is 4.14. The third kappa shape index (κ3) is 2.31. The molecule has 2 rings (SSSR count). The van der Waals surface area contributed by atoms with Crippen molar-refractivity contribution >= 4 is 28.4 Å². The van der Waals surface area contributed by atoms with Gasteiger partial charge in [-0.05, 0) is 22.7 Å². The molecule has 1 aliphatic rings. The molecule has 0 amide bonds. The molecule has 1 aliphatic carbocycles. The van der Waals surface area contributed by atoms with Crippen LogP contribution in [0.5, 0.6) is 5.75 Å². The van der Waals surface area contributed by atoms with Gasteiger partial charge in [0.05, 0.1) is 12.2 Å². The number of aromatic nitrogens is 1. The minimum absolute atomic E-state index is 0.160. The number of hydrogen-bond acceptors (Lipinski definition) is 4. The average molecular weight is 306 g/mol. The summed E-state index contributed by atoms with van der Waals surface area (Å²) >= 11 is 1.94. The van der Waals surface area contributed by atoms with Gasteiger partial charge in [-0.15, -0.1) is 0 Å². The summed E-state index contributed by atoms with van der Waals surface area (Å²) < 4.78 is 6.02. The third-order valence-corrected chi connectivity index (χ3v) is 2.32. The fraction of sp³-hybridized carbons (Fsp3) is 0.375. The van der Waals surface area contributed by atoms with Gasteiger partial charge in [0.25, 0.3) is 0 Å². The largest absolute Gasteiger partial charge is 0.490 e. The first kappa shape index (κ1) is 9.63. The normalized spacial score (nSPS) is 15.2. The maximum absolute atomic E-state index is 10.5. The van der Waals surface area contributed by atoms with Gasteiger partial charge in [-0.25, -0.2) is 0 Å². The van der Waals surface area contributed by atoms with Crippen LogP contribution in [-0.2, 0) is 0 Å². The fourth-order valence-corrected chi connectivity index (χ4v) is 1.55. The van der Waals surface area contributed by atoms with E-state index in [9.17, 15) is 10.1 Å². The highest BCUT2D eigenvalue weighted by atomic mass is 127. The van der Waals surface area contributed by atoms with E-state index in [0.717, 1.165) is 12.8 Å². The van der Waals surface area contributed by atoms with Crippen LogP contribution in [0.3, 0.4) is 0 Å². The molecule has 6 heteroatoms. The number of nitro groups is 1. The summed E-state index contributed by atoms with van der Waals surface area (Å²) in [5.41, 5.74) is 0. The summed E-state index contributed by atoms with van der Waals surface area (Å²) in [5.74, 6) is 0.381. The molecule has 0 bridgehead atoms. The SMILES string of the molecule is O=[N+]([O-])c1cc(OC2CC2)cc(I)n1. The van der Waals surface area contributed by atoms with E-state index >= 15 is 0 Å². The van der Waals surface area contributed by atoms with Crippen LogP contribution >= 0.6 is 22.6 Å². The van der Waals surface area contributed by atoms with Crippen LogP contribution in [0, 0.1) is 13.8 Å². The van der Waals surface area contributed by atoms with Gasteiger partial charge in [-0.2, -0.15) is 0 Å². The molecule has 1 fully saturated rings. The molecule has 0 aromatic carbocycles. The molecule has 1 aromatic heterocycles. The third-order valence-electron chi connectivity index (χ3n) is 1.77. The van der Waals surface area contributed by atoms with Gasteiger partial charge in [-0.3, -0.25) is 0 Å². The fourth-order valence-electron chi connectivity index (χ4n) is 1.00. The van der Waals surface area contributed by atoms with Crippen LogP contribution in [0.1, 0.15) is 12.8 Å². The molecule has 0 radical (unpaired) electrons. The highest BCUT2D eigenvalue weighted by molar-refractivity contribution is 14.1. The molecule has 5 nitrogen and oxygen atoms in total. The number of halogens is 1. The van der Waals surface area contributed by atoms with E-state index in [1.165, 1.54) is 6.07 Å². The second kappa shape index (κ2) is 3.68. The molecule has 1 aromatic rings. The number of hydrogen-bond donors (Lipinski definition) is 0. The van der Waals surface area contributed by atoms with Crippen LogP contribution in [0.15, 0.2) is 12.1 Å². The smallest absolute Gasteiger partial charge is 0.368 e. The highest BCUT2D eigenvalue weighted by Crippen LogP contribution is 2.28. The second-order valence-corrected chi connectivity index (χ2v) is 4.16. The summed E-state index contributed by atoms with van der Waals surface area (Å²) in [4.78, 5) is 13.7. The van der Waals surface area contributed by atoms with Crippen molar-refractivity contribution in [1.29, 1.82) is 0 Å². The van der Waals surface area contributed by atoms with Gasteiger partial charge in [0, 0.05) is 28.7 Å². The monoisotopic (exact) mass is 306 g/mol. The maximum Gasteiger partial charge on any atom is 0.368 e. The van der Waals surface area contributed by atoms with Crippen molar-refractivity contribution in [2.24, 2.45) is 0 Å². The molecule has 74 valence electrons. The van der Waals surface area contributed by atoms with Crippen molar-refractivity contribution in [1.82, 2.24) is 4.98 Å². The lowest BCUT2D eigenvalue weighted by molar-refractivity contribution is -0.389. The zero-order valence-corrected chi connectivity index (χ0v) is 9.30. The summed E-state index contributed by atoms with van der Waals surface area (Å²) in [7, 11) is 0. The average Bonchev–Trinajstić information content (AvgIpc) is 2.87. The van der Waals surface area contributed by atoms with Gasteiger partial charge in [0.2, 0.25) is 3.70 Å².